The van der Waals surface area contributed by atoms with E-state index in [9.17, 15) is 18.5 Å². The van der Waals surface area contributed by atoms with Crippen LogP contribution < -0.4 is 15.4 Å². The Morgan fingerprint density at radius 2 is 1.97 bits per heavy atom. The van der Waals surface area contributed by atoms with Crippen molar-refractivity contribution in [2.24, 2.45) is 4.99 Å². The summed E-state index contributed by atoms with van der Waals surface area (Å²) in [5.74, 6) is 0.568. The highest BCUT2D eigenvalue weighted by molar-refractivity contribution is 14.0. The zero-order chi connectivity index (χ0) is 21.5. The third-order valence-corrected chi connectivity index (χ3v) is 5.00. The Hall–Kier alpha value is -1.55. The van der Waals surface area contributed by atoms with Gasteiger partial charge in [-0.15, -0.1) is 24.0 Å². The number of nitrogens with zero attached hydrogens (tertiary/aromatic N) is 2. The molecule has 0 saturated heterocycles. The van der Waals surface area contributed by atoms with E-state index in [1.54, 1.807) is 7.11 Å². The second kappa shape index (κ2) is 16.2. The van der Waals surface area contributed by atoms with Crippen molar-refractivity contribution >= 4 is 45.6 Å². The molecule has 13 heteroatoms. The molecule has 0 unspecified atom stereocenters. The van der Waals surface area contributed by atoms with Crippen molar-refractivity contribution < 1.29 is 22.8 Å². The van der Waals surface area contributed by atoms with Gasteiger partial charge in [0.05, 0.1) is 23.0 Å². The molecule has 3 N–H and O–H groups in total. The first-order valence-electron chi connectivity index (χ1n) is 9.23. The predicted molar refractivity (Wildman–Crippen MR) is 125 cm³/mol. The van der Waals surface area contributed by atoms with Crippen molar-refractivity contribution in [1.82, 2.24) is 15.4 Å². The number of guanidine groups is 1. The van der Waals surface area contributed by atoms with Crippen LogP contribution in [0.1, 0.15) is 13.3 Å². The summed E-state index contributed by atoms with van der Waals surface area (Å²) in [7, 11) is -2.22. The van der Waals surface area contributed by atoms with Gasteiger partial charge in [-0.05, 0) is 19.4 Å². The van der Waals surface area contributed by atoms with Crippen molar-refractivity contribution in [3.05, 3.63) is 34.4 Å². The van der Waals surface area contributed by atoms with Crippen LogP contribution in [0, 0.1) is 10.1 Å². The molecule has 0 aliphatic heterocycles. The molecule has 172 valence electrons. The van der Waals surface area contributed by atoms with E-state index in [1.807, 2.05) is 6.92 Å². The number of sulfonamides is 1. The third-order valence-electron chi connectivity index (χ3n) is 3.54. The van der Waals surface area contributed by atoms with Gasteiger partial charge in [0.25, 0.3) is 5.69 Å². The first-order chi connectivity index (χ1) is 13.9. The monoisotopic (exact) mass is 559 g/mol. The maximum atomic E-state index is 12.3. The minimum atomic E-state index is -3.84. The second-order valence-electron chi connectivity index (χ2n) is 5.80. The topological polar surface area (TPSA) is 144 Å². The van der Waals surface area contributed by atoms with Gasteiger partial charge in [0.2, 0.25) is 10.0 Å². The second-order valence-corrected chi connectivity index (χ2v) is 7.57. The minimum absolute atomic E-state index is 0. The molecule has 11 nitrogen and oxygen atoms in total. The zero-order valence-electron chi connectivity index (χ0n) is 17.1. The lowest BCUT2D eigenvalue weighted by Crippen LogP contribution is -2.41. The molecular weight excluding hydrogens is 529 g/mol. The molecule has 30 heavy (non-hydrogen) atoms. The van der Waals surface area contributed by atoms with Crippen LogP contribution in [0.25, 0.3) is 0 Å². The largest absolute Gasteiger partial charge is 0.382 e. The van der Waals surface area contributed by atoms with Gasteiger partial charge in [-0.3, -0.25) is 15.1 Å². The molecule has 1 aromatic rings. The van der Waals surface area contributed by atoms with Crippen LogP contribution >= 0.6 is 24.0 Å². The van der Waals surface area contributed by atoms with E-state index in [0.717, 1.165) is 12.5 Å². The van der Waals surface area contributed by atoms with E-state index >= 15 is 0 Å². The van der Waals surface area contributed by atoms with E-state index in [4.69, 9.17) is 9.47 Å². The molecule has 0 aliphatic rings. The number of nitro groups is 1. The molecule has 0 atom stereocenters. The summed E-state index contributed by atoms with van der Waals surface area (Å²) in [6.45, 7) is 5.21. The van der Waals surface area contributed by atoms with Gasteiger partial charge in [0.1, 0.15) is 0 Å². The summed E-state index contributed by atoms with van der Waals surface area (Å²) in [6.07, 6.45) is 0.750. The highest BCUT2D eigenvalue weighted by Crippen LogP contribution is 2.16. The summed E-state index contributed by atoms with van der Waals surface area (Å²) in [6, 6.07) is 4.90. The molecule has 0 aromatic heterocycles. The van der Waals surface area contributed by atoms with Gasteiger partial charge < -0.3 is 20.1 Å². The predicted octanol–water partition coefficient (Wildman–Crippen LogP) is 1.10. The lowest BCUT2D eigenvalue weighted by molar-refractivity contribution is -0.385. The fourth-order valence-corrected chi connectivity index (χ4v) is 3.23. The average Bonchev–Trinajstić information content (AvgIpc) is 2.70. The van der Waals surface area contributed by atoms with Crippen LogP contribution in [0.4, 0.5) is 5.69 Å². The van der Waals surface area contributed by atoms with E-state index in [1.165, 1.54) is 18.2 Å². The summed E-state index contributed by atoms with van der Waals surface area (Å²) < 4.78 is 37.2. The molecule has 1 rings (SSSR count). The fraction of sp³-hybridized carbons (Fsp3) is 0.588. The molecule has 0 amide bonds. The van der Waals surface area contributed by atoms with Gasteiger partial charge in [-0.25, -0.2) is 13.1 Å². The number of rotatable bonds is 14. The normalized spacial score (nSPS) is 11.6. The van der Waals surface area contributed by atoms with E-state index in [-0.39, 0.29) is 41.1 Å². The van der Waals surface area contributed by atoms with Crippen LogP contribution in [0.3, 0.4) is 0 Å². The van der Waals surface area contributed by atoms with Crippen LogP contribution in [-0.4, -0.2) is 72.4 Å². The van der Waals surface area contributed by atoms with Crippen LogP contribution in [0.2, 0.25) is 0 Å². The first kappa shape index (κ1) is 28.5. The number of hydrogen-bond donors (Lipinski definition) is 3. The van der Waals surface area contributed by atoms with Gasteiger partial charge in [-0.1, -0.05) is 6.07 Å². The maximum Gasteiger partial charge on any atom is 0.270 e. The lowest BCUT2D eigenvalue weighted by atomic mass is 10.3. The molecule has 0 spiro atoms. The Kier molecular flexibility index (Phi) is 15.3. The van der Waals surface area contributed by atoms with Crippen molar-refractivity contribution in [1.29, 1.82) is 0 Å². The van der Waals surface area contributed by atoms with Gasteiger partial charge in [-0.2, -0.15) is 0 Å². The smallest absolute Gasteiger partial charge is 0.270 e. The number of benzene rings is 1. The number of halogens is 1. The number of nitrogens with one attached hydrogen (secondary N) is 3. The quantitative estimate of drug-likeness (QED) is 0.0768. The van der Waals surface area contributed by atoms with E-state index in [0.29, 0.717) is 45.4 Å². The summed E-state index contributed by atoms with van der Waals surface area (Å²) in [5, 5.41) is 16.9. The first-order valence-corrected chi connectivity index (χ1v) is 10.7. The summed E-state index contributed by atoms with van der Waals surface area (Å²) >= 11 is 0. The number of non-ortho nitro benzene ring substituents is 1. The molecular formula is C17H30IN5O6S. The summed E-state index contributed by atoms with van der Waals surface area (Å²) in [5.41, 5.74) is -0.279. The highest BCUT2D eigenvalue weighted by atomic mass is 127. The van der Waals surface area contributed by atoms with Gasteiger partial charge in [0, 0.05) is 52.0 Å². The van der Waals surface area contributed by atoms with Crippen molar-refractivity contribution in [2.75, 3.05) is 53.1 Å². The summed E-state index contributed by atoms with van der Waals surface area (Å²) in [4.78, 5) is 14.4. The lowest BCUT2D eigenvalue weighted by Gasteiger charge is -2.12. The molecule has 0 radical (unpaired) electrons. The van der Waals surface area contributed by atoms with E-state index in [2.05, 4.69) is 20.3 Å². The Bertz CT molecular complexity index is 763. The SMILES string of the molecule is CCNC(=NCCCOCCOC)NCCNS(=O)(=O)c1cccc([N+](=O)[O-])c1.I. The maximum absolute atomic E-state index is 12.3. The molecule has 0 fully saturated rings. The van der Waals surface area contributed by atoms with Gasteiger partial charge >= 0.3 is 0 Å². The Morgan fingerprint density at radius 1 is 1.20 bits per heavy atom. The third kappa shape index (κ3) is 11.6. The standard InChI is InChI=1S/C17H29N5O6S.HI/c1-3-18-17(19-8-5-11-28-13-12-27-2)20-9-10-21-29(25,26)16-7-4-6-15(14-16)22(23)24;/h4,6-7,14,21H,3,5,8-13H2,1-2H3,(H2,18,19,20);1H. The van der Waals surface area contributed by atoms with Crippen molar-refractivity contribution in [2.45, 2.75) is 18.2 Å². The Balaban J connectivity index is 0.00000841. The minimum Gasteiger partial charge on any atom is -0.382 e. The van der Waals surface area contributed by atoms with Crippen LogP contribution in [-0.2, 0) is 19.5 Å². The molecule has 0 saturated carbocycles. The molecule has 0 bridgehead atoms. The molecule has 0 aliphatic carbocycles. The Labute approximate surface area is 194 Å². The molecule has 0 heterocycles. The Morgan fingerprint density at radius 3 is 2.63 bits per heavy atom. The number of methoxy groups -OCH3 is 1. The number of ether oxygens (including phenoxy) is 2. The highest BCUT2D eigenvalue weighted by Gasteiger charge is 2.16. The number of aliphatic imine (C=N–C) groups is 1. The number of hydrogen-bond acceptors (Lipinski definition) is 7. The average molecular weight is 559 g/mol. The molecule has 1 aromatic carbocycles. The van der Waals surface area contributed by atoms with Gasteiger partial charge in [0.15, 0.2) is 5.96 Å². The van der Waals surface area contributed by atoms with Crippen molar-refractivity contribution in [3.63, 3.8) is 0 Å². The number of nitro benzene ring substituents is 1. The van der Waals surface area contributed by atoms with Crippen molar-refractivity contribution in [3.8, 4) is 0 Å². The van der Waals surface area contributed by atoms with E-state index < -0.39 is 14.9 Å². The van der Waals surface area contributed by atoms with Crippen LogP contribution in [0.15, 0.2) is 34.2 Å². The van der Waals surface area contributed by atoms with Crippen LogP contribution in [0.5, 0.6) is 0 Å². The fourth-order valence-electron chi connectivity index (χ4n) is 2.16. The zero-order valence-corrected chi connectivity index (χ0v) is 20.3.